The van der Waals surface area contributed by atoms with Crippen molar-refractivity contribution in [2.75, 3.05) is 6.61 Å². The Labute approximate surface area is 133 Å². The standard InChI is InChI=1S/C17H14ClNO3/c1-2-21-16-8-12(10-20)7-15(18)17(16)22-11-14-6-4-3-5-13(14)9-19/h3-8,10H,2,11H2,1H3. The highest BCUT2D eigenvalue weighted by atomic mass is 35.5. The van der Waals surface area contributed by atoms with Gasteiger partial charge in [0.1, 0.15) is 12.9 Å². The highest BCUT2D eigenvalue weighted by Crippen LogP contribution is 2.37. The predicted octanol–water partition coefficient (Wildman–Crippen LogP) is 4.00. The van der Waals surface area contributed by atoms with Gasteiger partial charge in [-0.15, -0.1) is 0 Å². The van der Waals surface area contributed by atoms with Crippen molar-refractivity contribution in [1.82, 2.24) is 0 Å². The van der Waals surface area contributed by atoms with Gasteiger partial charge in [-0.2, -0.15) is 5.26 Å². The van der Waals surface area contributed by atoms with Gasteiger partial charge in [0, 0.05) is 11.1 Å². The van der Waals surface area contributed by atoms with Crippen molar-refractivity contribution >= 4 is 17.9 Å². The molecule has 0 aliphatic heterocycles. The minimum atomic E-state index is 0.184. The van der Waals surface area contributed by atoms with Crippen molar-refractivity contribution in [3.63, 3.8) is 0 Å². The summed E-state index contributed by atoms with van der Waals surface area (Å²) in [5.41, 5.74) is 1.71. The molecule has 0 aliphatic carbocycles. The van der Waals surface area contributed by atoms with Crippen LogP contribution in [-0.2, 0) is 6.61 Å². The number of aldehydes is 1. The van der Waals surface area contributed by atoms with Crippen LogP contribution in [0.5, 0.6) is 11.5 Å². The second-order valence-corrected chi connectivity index (χ2v) is 4.85. The number of carbonyl (C=O) groups excluding carboxylic acids is 1. The zero-order chi connectivity index (χ0) is 15.9. The number of benzene rings is 2. The average molecular weight is 316 g/mol. The number of hydrogen-bond acceptors (Lipinski definition) is 4. The highest BCUT2D eigenvalue weighted by molar-refractivity contribution is 6.32. The maximum absolute atomic E-state index is 10.9. The first-order valence-corrected chi connectivity index (χ1v) is 7.09. The second-order valence-electron chi connectivity index (χ2n) is 4.44. The molecule has 0 saturated heterocycles. The quantitative estimate of drug-likeness (QED) is 0.756. The maximum atomic E-state index is 10.9. The van der Waals surface area contributed by atoms with Gasteiger partial charge in [-0.3, -0.25) is 4.79 Å². The Hall–Kier alpha value is -2.51. The summed E-state index contributed by atoms with van der Waals surface area (Å²) in [5, 5.41) is 9.38. The summed E-state index contributed by atoms with van der Waals surface area (Å²) in [4.78, 5) is 10.9. The van der Waals surface area contributed by atoms with Crippen LogP contribution < -0.4 is 9.47 Å². The summed E-state index contributed by atoms with van der Waals surface area (Å²) in [6, 6.07) is 12.4. The first kappa shape index (κ1) is 15.9. The lowest BCUT2D eigenvalue weighted by molar-refractivity contribution is 0.112. The van der Waals surface area contributed by atoms with Gasteiger partial charge in [-0.05, 0) is 25.1 Å². The molecular formula is C17H14ClNO3. The van der Waals surface area contributed by atoms with Crippen molar-refractivity contribution in [1.29, 1.82) is 5.26 Å². The van der Waals surface area contributed by atoms with Crippen LogP contribution >= 0.6 is 11.6 Å². The van der Waals surface area contributed by atoms with Crippen LogP contribution in [-0.4, -0.2) is 12.9 Å². The van der Waals surface area contributed by atoms with Crippen molar-refractivity contribution in [3.8, 4) is 17.6 Å². The van der Waals surface area contributed by atoms with E-state index in [0.717, 1.165) is 5.56 Å². The fourth-order valence-corrected chi connectivity index (χ4v) is 2.24. The Morgan fingerprint density at radius 3 is 2.73 bits per heavy atom. The Bertz CT molecular complexity index is 722. The molecule has 0 spiro atoms. The molecular weight excluding hydrogens is 302 g/mol. The van der Waals surface area contributed by atoms with E-state index in [9.17, 15) is 4.79 Å². The molecule has 0 atom stereocenters. The van der Waals surface area contributed by atoms with E-state index in [-0.39, 0.29) is 6.61 Å². The van der Waals surface area contributed by atoms with E-state index in [1.54, 1.807) is 18.2 Å². The minimum absolute atomic E-state index is 0.184. The summed E-state index contributed by atoms with van der Waals surface area (Å²) in [7, 11) is 0. The van der Waals surface area contributed by atoms with Crippen LogP contribution in [0.4, 0.5) is 0 Å². The van der Waals surface area contributed by atoms with E-state index < -0.39 is 0 Å². The number of nitrogens with zero attached hydrogens (tertiary/aromatic N) is 1. The van der Waals surface area contributed by atoms with E-state index in [1.165, 1.54) is 6.07 Å². The number of ether oxygens (including phenoxy) is 2. The van der Waals surface area contributed by atoms with Crippen LogP contribution in [0.25, 0.3) is 0 Å². The highest BCUT2D eigenvalue weighted by Gasteiger charge is 2.13. The number of halogens is 1. The molecule has 0 amide bonds. The lowest BCUT2D eigenvalue weighted by Crippen LogP contribution is -2.02. The van der Waals surface area contributed by atoms with E-state index in [4.69, 9.17) is 26.3 Å². The number of hydrogen-bond donors (Lipinski definition) is 0. The van der Waals surface area contributed by atoms with E-state index in [2.05, 4.69) is 6.07 Å². The lowest BCUT2D eigenvalue weighted by atomic mass is 10.1. The third-order valence-corrected chi connectivity index (χ3v) is 3.26. The summed E-state index contributed by atoms with van der Waals surface area (Å²) in [6.07, 6.45) is 0.698. The number of nitriles is 1. The minimum Gasteiger partial charge on any atom is -0.490 e. The molecule has 5 heteroatoms. The molecule has 0 heterocycles. The summed E-state index contributed by atoms with van der Waals surface area (Å²) < 4.78 is 11.2. The molecule has 4 nitrogen and oxygen atoms in total. The fourth-order valence-electron chi connectivity index (χ4n) is 1.96. The van der Waals surface area contributed by atoms with Crippen LogP contribution in [0.1, 0.15) is 28.4 Å². The molecule has 0 bridgehead atoms. The average Bonchev–Trinajstić information content (AvgIpc) is 2.54. The lowest BCUT2D eigenvalue weighted by Gasteiger charge is -2.14. The van der Waals surface area contributed by atoms with Gasteiger partial charge in [0.15, 0.2) is 11.5 Å². The van der Waals surface area contributed by atoms with Crippen LogP contribution in [0.2, 0.25) is 5.02 Å². The van der Waals surface area contributed by atoms with Gasteiger partial charge < -0.3 is 9.47 Å². The summed E-state index contributed by atoms with van der Waals surface area (Å²) in [6.45, 7) is 2.43. The van der Waals surface area contributed by atoms with Crippen LogP contribution in [0.15, 0.2) is 36.4 Å². The van der Waals surface area contributed by atoms with E-state index >= 15 is 0 Å². The Balaban J connectivity index is 2.29. The molecule has 2 aromatic carbocycles. The zero-order valence-corrected chi connectivity index (χ0v) is 12.8. The first-order valence-electron chi connectivity index (χ1n) is 6.72. The van der Waals surface area contributed by atoms with E-state index in [0.29, 0.717) is 40.5 Å². The number of rotatable bonds is 6. The molecule has 0 N–H and O–H groups in total. The third-order valence-electron chi connectivity index (χ3n) is 2.98. The largest absolute Gasteiger partial charge is 0.490 e. The Kier molecular flexibility index (Phi) is 5.40. The smallest absolute Gasteiger partial charge is 0.180 e. The monoisotopic (exact) mass is 315 g/mol. The second kappa shape index (κ2) is 7.48. The van der Waals surface area contributed by atoms with Crippen molar-refractivity contribution in [2.24, 2.45) is 0 Å². The van der Waals surface area contributed by atoms with Gasteiger partial charge in [0.25, 0.3) is 0 Å². The number of carbonyl (C=O) groups is 1. The Morgan fingerprint density at radius 2 is 2.05 bits per heavy atom. The molecule has 0 fully saturated rings. The molecule has 112 valence electrons. The van der Waals surface area contributed by atoms with E-state index in [1.807, 2.05) is 19.1 Å². The summed E-state index contributed by atoms with van der Waals surface area (Å²) >= 11 is 6.16. The molecule has 0 radical (unpaired) electrons. The fraction of sp³-hybridized carbons (Fsp3) is 0.176. The molecule has 2 rings (SSSR count). The van der Waals surface area contributed by atoms with Gasteiger partial charge in [-0.1, -0.05) is 29.8 Å². The summed E-state index contributed by atoms with van der Waals surface area (Å²) in [5.74, 6) is 0.772. The molecule has 22 heavy (non-hydrogen) atoms. The third kappa shape index (κ3) is 3.57. The van der Waals surface area contributed by atoms with Gasteiger partial charge >= 0.3 is 0 Å². The van der Waals surface area contributed by atoms with Gasteiger partial charge in [-0.25, -0.2) is 0 Å². The Morgan fingerprint density at radius 1 is 1.27 bits per heavy atom. The molecule has 2 aromatic rings. The molecule has 0 aromatic heterocycles. The molecule has 0 unspecified atom stereocenters. The van der Waals surface area contributed by atoms with Gasteiger partial charge in [0.2, 0.25) is 0 Å². The predicted molar refractivity (Wildman–Crippen MR) is 83.5 cm³/mol. The molecule has 0 saturated carbocycles. The topological polar surface area (TPSA) is 59.3 Å². The SMILES string of the molecule is CCOc1cc(C=O)cc(Cl)c1OCc1ccccc1C#N. The van der Waals surface area contributed by atoms with Crippen molar-refractivity contribution in [3.05, 3.63) is 58.1 Å². The van der Waals surface area contributed by atoms with Crippen molar-refractivity contribution in [2.45, 2.75) is 13.5 Å². The van der Waals surface area contributed by atoms with Crippen LogP contribution in [0.3, 0.4) is 0 Å². The maximum Gasteiger partial charge on any atom is 0.180 e. The van der Waals surface area contributed by atoms with Gasteiger partial charge in [0.05, 0.1) is 23.3 Å². The first-order chi connectivity index (χ1) is 10.7. The van der Waals surface area contributed by atoms with Crippen LogP contribution in [0, 0.1) is 11.3 Å². The normalized spacial score (nSPS) is 9.86. The van der Waals surface area contributed by atoms with Crippen molar-refractivity contribution < 1.29 is 14.3 Å². The molecule has 0 aliphatic rings. The zero-order valence-electron chi connectivity index (χ0n) is 12.0.